The van der Waals surface area contributed by atoms with Crippen molar-refractivity contribution in [1.82, 2.24) is 0 Å². The Morgan fingerprint density at radius 2 is 2.09 bits per heavy atom. The fourth-order valence-electron chi connectivity index (χ4n) is 2.55. The van der Waals surface area contributed by atoms with E-state index in [1.807, 2.05) is 12.2 Å². The number of Topliss-reactive ketones (excluding diaryl/α,β-unsaturated/α-hetero) is 1. The molecule has 0 aromatic rings. The van der Waals surface area contributed by atoms with Gasteiger partial charge in [-0.1, -0.05) is 24.6 Å². The Labute approximate surface area is 141 Å². The number of hydrogen-bond donors (Lipinski definition) is 2. The summed E-state index contributed by atoms with van der Waals surface area (Å²) in [5.41, 5.74) is 0.849. The SMILES string of the molecule is C[Si](C)(C)OCC(CCCCC=CC1=CCCC1=O)C(O)CO. The molecule has 0 fully saturated rings. The number of aliphatic hydroxyl groups excluding tert-OH is 2. The summed E-state index contributed by atoms with van der Waals surface area (Å²) < 4.78 is 5.88. The first-order valence-corrected chi connectivity index (χ1v) is 12.1. The van der Waals surface area contributed by atoms with E-state index >= 15 is 0 Å². The molecule has 0 saturated heterocycles. The van der Waals surface area contributed by atoms with Gasteiger partial charge in [-0.05, 0) is 45.3 Å². The first kappa shape index (κ1) is 20.3. The summed E-state index contributed by atoms with van der Waals surface area (Å²) in [5, 5.41) is 19.1. The summed E-state index contributed by atoms with van der Waals surface area (Å²) in [4.78, 5) is 11.5. The molecule has 0 aliphatic heterocycles. The number of unbranched alkanes of at least 4 members (excludes halogenated alkanes) is 2. The molecule has 5 heteroatoms. The number of hydrogen-bond acceptors (Lipinski definition) is 4. The summed E-state index contributed by atoms with van der Waals surface area (Å²) in [6.45, 7) is 6.68. The van der Waals surface area contributed by atoms with Gasteiger partial charge in [0.25, 0.3) is 0 Å². The second-order valence-corrected chi connectivity index (χ2v) is 11.8. The standard InChI is InChI=1S/C18H32O4Si/c1-23(2,3)22-14-16(18(21)13-19)10-7-5-4-6-9-15-11-8-12-17(15)20/h6,9,11,16,18-19,21H,4-5,7-8,10,12-14H2,1-3H3. The van der Waals surface area contributed by atoms with Crippen molar-refractivity contribution in [2.45, 2.75) is 64.3 Å². The topological polar surface area (TPSA) is 66.8 Å². The van der Waals surface area contributed by atoms with Crippen LogP contribution in [0, 0.1) is 5.92 Å². The zero-order valence-electron chi connectivity index (χ0n) is 14.8. The second kappa shape index (κ2) is 10.2. The van der Waals surface area contributed by atoms with Crippen LogP contribution in [0.5, 0.6) is 0 Å². The molecule has 0 spiro atoms. The normalized spacial score (nSPS) is 18.5. The molecule has 1 aliphatic rings. The van der Waals surface area contributed by atoms with E-state index in [1.165, 1.54) is 0 Å². The van der Waals surface area contributed by atoms with Crippen molar-refractivity contribution in [1.29, 1.82) is 0 Å². The van der Waals surface area contributed by atoms with Gasteiger partial charge in [0.1, 0.15) is 0 Å². The van der Waals surface area contributed by atoms with Crippen LogP contribution in [0.15, 0.2) is 23.8 Å². The first-order valence-electron chi connectivity index (χ1n) is 8.66. The molecule has 0 aromatic heterocycles. The average Bonchev–Trinajstić information content (AvgIpc) is 2.89. The third kappa shape index (κ3) is 8.60. The Morgan fingerprint density at radius 3 is 2.65 bits per heavy atom. The number of ketones is 1. The van der Waals surface area contributed by atoms with Gasteiger partial charge in [-0.3, -0.25) is 4.79 Å². The van der Waals surface area contributed by atoms with E-state index in [4.69, 9.17) is 4.43 Å². The first-order chi connectivity index (χ1) is 10.8. The van der Waals surface area contributed by atoms with E-state index in [-0.39, 0.29) is 18.3 Å². The third-order valence-electron chi connectivity index (χ3n) is 4.01. The van der Waals surface area contributed by atoms with Gasteiger partial charge in [0.15, 0.2) is 14.1 Å². The Kier molecular flexibility index (Phi) is 8.98. The van der Waals surface area contributed by atoms with E-state index in [0.29, 0.717) is 13.0 Å². The lowest BCUT2D eigenvalue weighted by Gasteiger charge is -2.26. The smallest absolute Gasteiger partial charge is 0.183 e. The van der Waals surface area contributed by atoms with Crippen LogP contribution < -0.4 is 0 Å². The van der Waals surface area contributed by atoms with Crippen LogP contribution in [0.3, 0.4) is 0 Å². The van der Waals surface area contributed by atoms with Gasteiger partial charge in [0, 0.05) is 24.5 Å². The Hall–Kier alpha value is -0.753. The van der Waals surface area contributed by atoms with Crippen LogP contribution in [0.4, 0.5) is 0 Å². The van der Waals surface area contributed by atoms with E-state index in [2.05, 4.69) is 25.7 Å². The largest absolute Gasteiger partial charge is 0.417 e. The minimum Gasteiger partial charge on any atom is -0.417 e. The second-order valence-electron chi connectivity index (χ2n) is 7.24. The van der Waals surface area contributed by atoms with Crippen LogP contribution in [0.1, 0.15) is 38.5 Å². The van der Waals surface area contributed by atoms with Crippen molar-refractivity contribution in [2.24, 2.45) is 5.92 Å². The highest BCUT2D eigenvalue weighted by molar-refractivity contribution is 6.69. The monoisotopic (exact) mass is 340 g/mol. The van der Waals surface area contributed by atoms with E-state index < -0.39 is 14.4 Å². The van der Waals surface area contributed by atoms with E-state index in [1.54, 1.807) is 0 Å². The fraction of sp³-hybridized carbons (Fsp3) is 0.722. The molecule has 0 bridgehead atoms. The number of carbonyl (C=O) groups excluding carboxylic acids is 1. The van der Waals surface area contributed by atoms with Crippen LogP contribution in [0.25, 0.3) is 0 Å². The van der Waals surface area contributed by atoms with Gasteiger partial charge >= 0.3 is 0 Å². The minimum atomic E-state index is -1.60. The number of rotatable bonds is 11. The Balaban J connectivity index is 2.26. The maximum atomic E-state index is 11.5. The highest BCUT2D eigenvalue weighted by Crippen LogP contribution is 2.18. The molecule has 23 heavy (non-hydrogen) atoms. The predicted molar refractivity (Wildman–Crippen MR) is 95.8 cm³/mol. The lowest BCUT2D eigenvalue weighted by molar-refractivity contribution is -0.114. The molecule has 2 atom stereocenters. The Morgan fingerprint density at radius 1 is 1.35 bits per heavy atom. The molecule has 1 aliphatic carbocycles. The molecule has 1 rings (SSSR count). The van der Waals surface area contributed by atoms with E-state index in [0.717, 1.165) is 37.7 Å². The molecular weight excluding hydrogens is 308 g/mol. The van der Waals surface area contributed by atoms with Crippen molar-refractivity contribution in [2.75, 3.05) is 13.2 Å². The van der Waals surface area contributed by atoms with Crippen molar-refractivity contribution < 1.29 is 19.4 Å². The minimum absolute atomic E-state index is 0.00479. The van der Waals surface area contributed by atoms with Gasteiger partial charge < -0.3 is 14.6 Å². The van der Waals surface area contributed by atoms with Gasteiger partial charge in [-0.25, -0.2) is 0 Å². The number of allylic oxidation sites excluding steroid dienone is 4. The molecule has 2 N–H and O–H groups in total. The van der Waals surface area contributed by atoms with Crippen molar-refractivity contribution in [3.05, 3.63) is 23.8 Å². The number of carbonyl (C=O) groups is 1. The summed E-state index contributed by atoms with van der Waals surface area (Å²) in [6, 6.07) is 0. The maximum absolute atomic E-state index is 11.5. The molecule has 2 unspecified atom stereocenters. The summed E-state index contributed by atoms with van der Waals surface area (Å²) in [7, 11) is -1.60. The Bertz CT molecular complexity index is 423. The lowest BCUT2D eigenvalue weighted by Crippen LogP contribution is -2.34. The zero-order valence-corrected chi connectivity index (χ0v) is 15.8. The molecule has 0 amide bonds. The fourth-order valence-corrected chi connectivity index (χ4v) is 3.26. The lowest BCUT2D eigenvalue weighted by atomic mass is 9.96. The van der Waals surface area contributed by atoms with Gasteiger partial charge in [-0.2, -0.15) is 0 Å². The molecule has 0 heterocycles. The van der Waals surface area contributed by atoms with Gasteiger partial charge in [-0.15, -0.1) is 0 Å². The zero-order chi connectivity index (χ0) is 17.3. The van der Waals surface area contributed by atoms with Crippen LogP contribution in [0.2, 0.25) is 19.6 Å². The molecular formula is C18H32O4Si. The highest BCUT2D eigenvalue weighted by Gasteiger charge is 2.22. The highest BCUT2D eigenvalue weighted by atomic mass is 28.4. The van der Waals surface area contributed by atoms with E-state index in [9.17, 15) is 15.0 Å². The van der Waals surface area contributed by atoms with Crippen LogP contribution in [-0.4, -0.2) is 43.6 Å². The summed E-state index contributed by atoms with van der Waals surface area (Å²) in [6.07, 6.45) is 10.6. The quantitative estimate of drug-likeness (QED) is 0.448. The van der Waals surface area contributed by atoms with Crippen molar-refractivity contribution in [3.63, 3.8) is 0 Å². The molecule has 132 valence electrons. The van der Waals surface area contributed by atoms with Crippen LogP contribution in [-0.2, 0) is 9.22 Å². The van der Waals surface area contributed by atoms with Crippen LogP contribution >= 0.6 is 0 Å². The number of aliphatic hydroxyl groups is 2. The summed E-state index contributed by atoms with van der Waals surface area (Å²) in [5.74, 6) is 0.241. The average molecular weight is 341 g/mol. The summed E-state index contributed by atoms with van der Waals surface area (Å²) >= 11 is 0. The van der Waals surface area contributed by atoms with Gasteiger partial charge in [0.2, 0.25) is 0 Å². The van der Waals surface area contributed by atoms with Crippen molar-refractivity contribution >= 4 is 14.1 Å². The third-order valence-corrected chi connectivity index (χ3v) is 5.05. The molecule has 0 radical (unpaired) electrons. The van der Waals surface area contributed by atoms with Crippen molar-refractivity contribution in [3.8, 4) is 0 Å². The molecule has 4 nitrogen and oxygen atoms in total. The predicted octanol–water partition coefficient (Wildman–Crippen LogP) is 3.21. The molecule has 0 saturated carbocycles. The maximum Gasteiger partial charge on any atom is 0.183 e. The molecule has 0 aromatic carbocycles. The van der Waals surface area contributed by atoms with Gasteiger partial charge in [0.05, 0.1) is 12.7 Å².